The Hall–Kier alpha value is -1.27. The highest BCUT2D eigenvalue weighted by Crippen LogP contribution is 2.39. The van der Waals surface area contributed by atoms with Crippen molar-refractivity contribution in [1.82, 2.24) is 19.4 Å². The van der Waals surface area contributed by atoms with Crippen LogP contribution in [0.4, 0.5) is 5.82 Å². The first-order valence-electron chi connectivity index (χ1n) is 8.19. The van der Waals surface area contributed by atoms with Gasteiger partial charge in [0.2, 0.25) is 0 Å². The van der Waals surface area contributed by atoms with Crippen molar-refractivity contribution < 1.29 is 0 Å². The van der Waals surface area contributed by atoms with Crippen molar-refractivity contribution in [3.8, 4) is 0 Å². The van der Waals surface area contributed by atoms with Gasteiger partial charge in [0.1, 0.15) is 17.8 Å². The van der Waals surface area contributed by atoms with Gasteiger partial charge in [0.05, 0.1) is 5.39 Å². The van der Waals surface area contributed by atoms with E-state index in [1.54, 1.807) is 6.33 Å². The first-order chi connectivity index (χ1) is 10.8. The van der Waals surface area contributed by atoms with E-state index in [-0.39, 0.29) is 0 Å². The summed E-state index contributed by atoms with van der Waals surface area (Å²) in [6.07, 6.45) is 7.29. The first kappa shape index (κ1) is 14.3. The third kappa shape index (κ3) is 2.29. The molecule has 1 saturated heterocycles. The van der Waals surface area contributed by atoms with E-state index in [1.807, 2.05) is 0 Å². The quantitative estimate of drug-likeness (QED) is 0.941. The smallest absolute Gasteiger partial charge is 0.146 e. The summed E-state index contributed by atoms with van der Waals surface area (Å²) in [5, 5.41) is 1.06. The van der Waals surface area contributed by atoms with E-state index < -0.39 is 0 Å². The highest BCUT2D eigenvalue weighted by Gasteiger charge is 2.36. The van der Waals surface area contributed by atoms with Crippen molar-refractivity contribution in [3.63, 3.8) is 0 Å². The summed E-state index contributed by atoms with van der Waals surface area (Å²) < 4.78 is 2.35. The molecule has 118 valence electrons. The molecule has 2 aliphatic rings. The Kier molecular flexibility index (Phi) is 3.74. The predicted molar refractivity (Wildman–Crippen MR) is 92.3 cm³/mol. The maximum atomic E-state index is 6.07. The Bertz CT molecular complexity index is 670. The second-order valence-electron chi connectivity index (χ2n) is 6.30. The first-order valence-corrected chi connectivity index (χ1v) is 9.35. The Morgan fingerprint density at radius 2 is 2.00 bits per heavy atom. The molecule has 0 unspecified atom stereocenters. The normalized spacial score (nSPS) is 26.2. The highest BCUT2D eigenvalue weighted by atomic mass is 32.2. The maximum Gasteiger partial charge on any atom is 0.146 e. The minimum Gasteiger partial charge on any atom is -0.383 e. The largest absolute Gasteiger partial charge is 0.383 e. The molecule has 2 aromatic heterocycles. The van der Waals surface area contributed by atoms with Gasteiger partial charge in [-0.05, 0) is 24.8 Å². The summed E-state index contributed by atoms with van der Waals surface area (Å²) in [7, 11) is 0. The fourth-order valence-corrected chi connectivity index (χ4v) is 4.69. The number of thioether (sulfide) groups is 1. The monoisotopic (exact) mass is 317 g/mol. The van der Waals surface area contributed by atoms with Crippen LogP contribution in [0.2, 0.25) is 0 Å². The van der Waals surface area contributed by atoms with E-state index in [2.05, 4.69) is 44.3 Å². The molecular formula is C16H23N5S. The maximum absolute atomic E-state index is 6.07. The number of nitrogen functional groups attached to an aromatic ring is 1. The van der Waals surface area contributed by atoms with Gasteiger partial charge < -0.3 is 10.3 Å². The van der Waals surface area contributed by atoms with Crippen LogP contribution in [-0.2, 0) is 6.42 Å². The second-order valence-corrected chi connectivity index (χ2v) is 7.52. The summed E-state index contributed by atoms with van der Waals surface area (Å²) in [5.74, 6) is 3.19. The van der Waals surface area contributed by atoms with Gasteiger partial charge in [0, 0.05) is 42.9 Å². The summed E-state index contributed by atoms with van der Waals surface area (Å²) in [6.45, 7) is 4.67. The minimum atomic E-state index is 0.566. The van der Waals surface area contributed by atoms with E-state index in [4.69, 9.17) is 5.73 Å². The Morgan fingerprint density at radius 3 is 2.73 bits per heavy atom. The number of fused-ring (bicyclic) bond motifs is 1. The number of hydrogen-bond donors (Lipinski definition) is 1. The molecule has 1 saturated carbocycles. The highest BCUT2D eigenvalue weighted by molar-refractivity contribution is 7.99. The summed E-state index contributed by atoms with van der Waals surface area (Å²) in [5.41, 5.74) is 8.36. The molecule has 1 aliphatic carbocycles. The molecule has 0 amide bonds. The summed E-state index contributed by atoms with van der Waals surface area (Å²) in [4.78, 5) is 11.3. The third-order valence-corrected chi connectivity index (χ3v) is 6.08. The number of aryl methyl sites for hydroxylation is 1. The Morgan fingerprint density at radius 1 is 1.23 bits per heavy atom. The minimum absolute atomic E-state index is 0.566. The van der Waals surface area contributed by atoms with Crippen molar-refractivity contribution in [2.45, 2.75) is 38.3 Å². The van der Waals surface area contributed by atoms with Crippen LogP contribution in [0.1, 0.15) is 31.4 Å². The number of rotatable bonds is 3. The lowest BCUT2D eigenvalue weighted by Crippen LogP contribution is -2.48. The predicted octanol–water partition coefficient (Wildman–Crippen LogP) is 2.33. The molecule has 2 aromatic rings. The molecule has 2 fully saturated rings. The zero-order valence-corrected chi connectivity index (χ0v) is 13.9. The van der Waals surface area contributed by atoms with E-state index in [1.165, 1.54) is 43.0 Å². The molecule has 3 heterocycles. The summed E-state index contributed by atoms with van der Waals surface area (Å²) in [6, 6.07) is 1.32. The molecular weight excluding hydrogens is 294 g/mol. The number of anilines is 1. The zero-order chi connectivity index (χ0) is 15.1. The van der Waals surface area contributed by atoms with Gasteiger partial charge in [-0.25, -0.2) is 9.97 Å². The SMILES string of the molecule is CCc1cn(C2CC(N3CCSCC3)C2)c2ncnc(N)c12. The van der Waals surface area contributed by atoms with Gasteiger partial charge in [-0.15, -0.1) is 0 Å². The summed E-state index contributed by atoms with van der Waals surface area (Å²) >= 11 is 2.08. The lowest BCUT2D eigenvalue weighted by molar-refractivity contribution is 0.0938. The van der Waals surface area contributed by atoms with E-state index >= 15 is 0 Å². The third-order valence-electron chi connectivity index (χ3n) is 5.14. The average Bonchev–Trinajstić information content (AvgIpc) is 2.87. The lowest BCUT2D eigenvalue weighted by Gasteiger charge is -2.45. The molecule has 22 heavy (non-hydrogen) atoms. The molecule has 0 spiro atoms. The van der Waals surface area contributed by atoms with Crippen LogP contribution in [0.25, 0.3) is 11.0 Å². The van der Waals surface area contributed by atoms with E-state index in [0.29, 0.717) is 11.9 Å². The fraction of sp³-hybridized carbons (Fsp3) is 0.625. The van der Waals surface area contributed by atoms with Crippen LogP contribution in [0, 0.1) is 0 Å². The standard InChI is InChI=1S/C16H23N5S/c1-2-11-9-21(16-14(11)15(17)18-10-19-16)13-7-12(8-13)20-3-5-22-6-4-20/h9-10,12-13H,2-8H2,1H3,(H2,17,18,19). The topological polar surface area (TPSA) is 60.0 Å². The van der Waals surface area contributed by atoms with Gasteiger partial charge in [-0.3, -0.25) is 4.90 Å². The van der Waals surface area contributed by atoms with Crippen LogP contribution < -0.4 is 5.73 Å². The van der Waals surface area contributed by atoms with E-state index in [9.17, 15) is 0 Å². The number of nitrogens with two attached hydrogens (primary N) is 1. The Labute approximate surface area is 135 Å². The van der Waals surface area contributed by atoms with Crippen LogP contribution >= 0.6 is 11.8 Å². The number of nitrogens with zero attached hydrogens (tertiary/aromatic N) is 4. The van der Waals surface area contributed by atoms with Crippen molar-refractivity contribution in [1.29, 1.82) is 0 Å². The van der Waals surface area contributed by atoms with E-state index in [0.717, 1.165) is 23.5 Å². The lowest BCUT2D eigenvalue weighted by atomic mass is 9.85. The van der Waals surface area contributed by atoms with Crippen LogP contribution in [-0.4, -0.2) is 50.1 Å². The van der Waals surface area contributed by atoms with Gasteiger partial charge in [0.15, 0.2) is 0 Å². The molecule has 1 aliphatic heterocycles. The number of hydrogen-bond acceptors (Lipinski definition) is 5. The molecule has 0 bridgehead atoms. The molecule has 0 aromatic carbocycles. The molecule has 6 heteroatoms. The van der Waals surface area contributed by atoms with Crippen LogP contribution in [0.5, 0.6) is 0 Å². The van der Waals surface area contributed by atoms with Crippen LogP contribution in [0.3, 0.4) is 0 Å². The fourth-order valence-electron chi connectivity index (χ4n) is 3.76. The van der Waals surface area contributed by atoms with Gasteiger partial charge in [-0.2, -0.15) is 11.8 Å². The van der Waals surface area contributed by atoms with Crippen molar-refractivity contribution >= 4 is 28.6 Å². The molecule has 5 nitrogen and oxygen atoms in total. The molecule has 2 N–H and O–H groups in total. The van der Waals surface area contributed by atoms with Crippen molar-refractivity contribution in [3.05, 3.63) is 18.1 Å². The van der Waals surface area contributed by atoms with Gasteiger partial charge in [0.25, 0.3) is 0 Å². The Balaban J connectivity index is 1.57. The van der Waals surface area contributed by atoms with Crippen molar-refractivity contribution in [2.24, 2.45) is 0 Å². The second kappa shape index (κ2) is 5.74. The number of aromatic nitrogens is 3. The molecule has 0 radical (unpaired) electrons. The molecule has 0 atom stereocenters. The zero-order valence-electron chi connectivity index (χ0n) is 13.0. The molecule has 4 rings (SSSR count). The van der Waals surface area contributed by atoms with Crippen molar-refractivity contribution in [2.75, 3.05) is 30.3 Å². The average molecular weight is 317 g/mol. The van der Waals surface area contributed by atoms with Gasteiger partial charge in [-0.1, -0.05) is 6.92 Å². The van der Waals surface area contributed by atoms with Gasteiger partial charge >= 0.3 is 0 Å². The van der Waals surface area contributed by atoms with Crippen LogP contribution in [0.15, 0.2) is 12.5 Å².